The topological polar surface area (TPSA) is 55.4 Å². The van der Waals surface area contributed by atoms with Crippen molar-refractivity contribution in [2.24, 2.45) is 0 Å². The molecule has 2 atom stereocenters. The van der Waals surface area contributed by atoms with Crippen molar-refractivity contribution in [2.75, 3.05) is 13.4 Å². The van der Waals surface area contributed by atoms with Crippen LogP contribution in [-0.2, 0) is 14.8 Å². The van der Waals surface area contributed by atoms with E-state index in [2.05, 4.69) is 4.72 Å². The molecule has 0 spiro atoms. The second kappa shape index (κ2) is 4.30. The highest BCUT2D eigenvalue weighted by atomic mass is 32.2. The fourth-order valence-corrected chi connectivity index (χ4v) is 3.57. The molecule has 0 unspecified atom stereocenters. The van der Waals surface area contributed by atoms with Crippen molar-refractivity contribution in [2.45, 2.75) is 12.1 Å². The lowest BCUT2D eigenvalue weighted by Crippen LogP contribution is -2.30. The molecule has 0 radical (unpaired) electrons. The van der Waals surface area contributed by atoms with E-state index in [1.807, 2.05) is 36.4 Å². The molecule has 0 heterocycles. The number of benzene rings is 2. The molecule has 0 saturated carbocycles. The SMILES string of the molecule is CO[C@@H]1c2cccc3cccc(c23)[C@H]1NS(C)(=O)=O. The highest BCUT2D eigenvalue weighted by Gasteiger charge is 2.35. The molecule has 4 nitrogen and oxygen atoms in total. The zero-order chi connectivity index (χ0) is 13.6. The summed E-state index contributed by atoms with van der Waals surface area (Å²) >= 11 is 0. The quantitative estimate of drug-likeness (QED) is 0.935. The van der Waals surface area contributed by atoms with Gasteiger partial charge in [-0.15, -0.1) is 0 Å². The highest BCUT2D eigenvalue weighted by Crippen LogP contribution is 2.45. The average molecular weight is 277 g/mol. The summed E-state index contributed by atoms with van der Waals surface area (Å²) in [5.41, 5.74) is 2.02. The molecule has 3 rings (SSSR count). The molecule has 0 amide bonds. The second-order valence-electron chi connectivity index (χ2n) is 4.82. The number of rotatable bonds is 3. The minimum absolute atomic E-state index is 0.282. The van der Waals surface area contributed by atoms with Crippen molar-refractivity contribution in [3.05, 3.63) is 47.5 Å². The third-order valence-corrected chi connectivity index (χ3v) is 4.19. The monoisotopic (exact) mass is 277 g/mol. The third kappa shape index (κ3) is 2.04. The zero-order valence-corrected chi connectivity index (χ0v) is 11.6. The lowest BCUT2D eigenvalue weighted by Gasteiger charge is -2.20. The summed E-state index contributed by atoms with van der Waals surface area (Å²) in [6.45, 7) is 0. The maximum absolute atomic E-state index is 11.6. The summed E-state index contributed by atoms with van der Waals surface area (Å²) < 4.78 is 31.3. The third-order valence-electron chi connectivity index (χ3n) is 3.51. The summed E-state index contributed by atoms with van der Waals surface area (Å²) in [5, 5.41) is 2.20. The maximum atomic E-state index is 11.6. The van der Waals surface area contributed by atoms with Crippen LogP contribution >= 0.6 is 0 Å². The Labute approximate surface area is 112 Å². The van der Waals surface area contributed by atoms with Crippen LogP contribution in [0.15, 0.2) is 36.4 Å². The van der Waals surface area contributed by atoms with Gasteiger partial charge in [0, 0.05) is 7.11 Å². The number of nitrogens with one attached hydrogen (secondary N) is 1. The van der Waals surface area contributed by atoms with Gasteiger partial charge in [-0.1, -0.05) is 36.4 Å². The Kier molecular flexibility index (Phi) is 2.85. The van der Waals surface area contributed by atoms with Crippen molar-refractivity contribution in [1.29, 1.82) is 0 Å². The number of methoxy groups -OCH3 is 1. The first-order chi connectivity index (χ1) is 9.01. The maximum Gasteiger partial charge on any atom is 0.209 e. The highest BCUT2D eigenvalue weighted by molar-refractivity contribution is 7.88. The van der Waals surface area contributed by atoms with Crippen molar-refractivity contribution < 1.29 is 13.2 Å². The van der Waals surface area contributed by atoms with E-state index in [0.717, 1.165) is 21.9 Å². The van der Waals surface area contributed by atoms with Crippen LogP contribution in [-0.4, -0.2) is 21.8 Å². The molecule has 0 saturated heterocycles. The Bertz CT molecular complexity index is 734. The molecule has 1 N–H and O–H groups in total. The summed E-state index contributed by atoms with van der Waals surface area (Å²) in [5.74, 6) is 0. The Hall–Kier alpha value is -1.43. The summed E-state index contributed by atoms with van der Waals surface area (Å²) in [4.78, 5) is 0. The Morgan fingerprint density at radius 3 is 2.32 bits per heavy atom. The van der Waals surface area contributed by atoms with Gasteiger partial charge in [-0.05, 0) is 21.9 Å². The van der Waals surface area contributed by atoms with E-state index < -0.39 is 10.0 Å². The van der Waals surface area contributed by atoms with E-state index in [4.69, 9.17) is 4.74 Å². The van der Waals surface area contributed by atoms with Crippen molar-refractivity contribution in [3.63, 3.8) is 0 Å². The molecule has 1 aliphatic rings. The molecule has 2 aromatic carbocycles. The Balaban J connectivity index is 2.22. The van der Waals surface area contributed by atoms with E-state index in [-0.39, 0.29) is 12.1 Å². The summed E-state index contributed by atoms with van der Waals surface area (Å²) in [6, 6.07) is 11.5. The van der Waals surface area contributed by atoms with Crippen LogP contribution in [0.5, 0.6) is 0 Å². The van der Waals surface area contributed by atoms with E-state index in [1.54, 1.807) is 7.11 Å². The first-order valence-electron chi connectivity index (χ1n) is 6.03. The van der Waals surface area contributed by atoms with Gasteiger partial charge in [-0.25, -0.2) is 13.1 Å². The van der Waals surface area contributed by atoms with Crippen LogP contribution in [0.2, 0.25) is 0 Å². The van der Waals surface area contributed by atoms with Crippen LogP contribution < -0.4 is 4.72 Å². The number of hydrogen-bond acceptors (Lipinski definition) is 3. The molecule has 0 fully saturated rings. The minimum Gasteiger partial charge on any atom is -0.375 e. The average Bonchev–Trinajstić information content (AvgIpc) is 2.64. The van der Waals surface area contributed by atoms with Gasteiger partial charge in [0.1, 0.15) is 6.10 Å². The largest absolute Gasteiger partial charge is 0.375 e. The number of hydrogen-bond donors (Lipinski definition) is 1. The van der Waals surface area contributed by atoms with Crippen molar-refractivity contribution >= 4 is 20.8 Å². The minimum atomic E-state index is -3.29. The summed E-state index contributed by atoms with van der Waals surface area (Å²) in [7, 11) is -1.69. The van der Waals surface area contributed by atoms with Gasteiger partial charge in [-0.3, -0.25) is 0 Å². The predicted molar refractivity (Wildman–Crippen MR) is 74.4 cm³/mol. The molecule has 100 valence electrons. The van der Waals surface area contributed by atoms with E-state index >= 15 is 0 Å². The van der Waals surface area contributed by atoms with Crippen molar-refractivity contribution in [1.82, 2.24) is 4.72 Å². The molecule has 1 aliphatic carbocycles. The predicted octanol–water partition coefficient (Wildman–Crippen LogP) is 2.13. The molecule has 0 aromatic heterocycles. The van der Waals surface area contributed by atoms with Crippen LogP contribution in [0.3, 0.4) is 0 Å². The fraction of sp³-hybridized carbons (Fsp3) is 0.286. The van der Waals surface area contributed by atoms with Gasteiger partial charge < -0.3 is 4.74 Å². The van der Waals surface area contributed by atoms with Crippen LogP contribution in [0.4, 0.5) is 0 Å². The molecule has 5 heteroatoms. The summed E-state index contributed by atoms with van der Waals surface area (Å²) in [6.07, 6.45) is 0.888. The van der Waals surface area contributed by atoms with Gasteiger partial charge in [0.25, 0.3) is 0 Å². The number of ether oxygens (including phenoxy) is 1. The number of sulfonamides is 1. The van der Waals surface area contributed by atoms with E-state index in [9.17, 15) is 8.42 Å². The lowest BCUT2D eigenvalue weighted by atomic mass is 10.1. The molecule has 19 heavy (non-hydrogen) atoms. The van der Waals surface area contributed by atoms with Gasteiger partial charge in [0.15, 0.2) is 0 Å². The normalized spacial score (nSPS) is 22.0. The lowest BCUT2D eigenvalue weighted by molar-refractivity contribution is 0.0813. The first kappa shape index (κ1) is 12.6. The van der Waals surface area contributed by atoms with Gasteiger partial charge in [-0.2, -0.15) is 0 Å². The molecular formula is C14H15NO3S. The van der Waals surface area contributed by atoms with Crippen LogP contribution in [0.1, 0.15) is 23.3 Å². The molecule has 0 aliphatic heterocycles. The van der Waals surface area contributed by atoms with E-state index in [0.29, 0.717) is 0 Å². The molecular weight excluding hydrogens is 262 g/mol. The van der Waals surface area contributed by atoms with Crippen LogP contribution in [0.25, 0.3) is 10.8 Å². The molecule has 2 aromatic rings. The van der Waals surface area contributed by atoms with Gasteiger partial charge in [0.05, 0.1) is 12.3 Å². The standard InChI is InChI=1S/C14H15NO3S/c1-18-14-11-8-4-6-9-5-3-7-10(12(9)11)13(14)15-19(2,16)17/h3-8,13-15H,1-2H3/t13-,14-/m1/s1. The van der Waals surface area contributed by atoms with Crippen LogP contribution in [0, 0.1) is 0 Å². The van der Waals surface area contributed by atoms with Gasteiger partial charge >= 0.3 is 0 Å². The Morgan fingerprint density at radius 1 is 1.11 bits per heavy atom. The smallest absolute Gasteiger partial charge is 0.209 e. The second-order valence-corrected chi connectivity index (χ2v) is 6.60. The first-order valence-corrected chi connectivity index (χ1v) is 7.92. The van der Waals surface area contributed by atoms with Gasteiger partial charge in [0.2, 0.25) is 10.0 Å². The van der Waals surface area contributed by atoms with E-state index in [1.165, 1.54) is 6.26 Å². The zero-order valence-electron chi connectivity index (χ0n) is 10.8. The fourth-order valence-electron chi connectivity index (χ4n) is 2.86. The Morgan fingerprint density at radius 2 is 1.74 bits per heavy atom. The molecule has 0 bridgehead atoms. The van der Waals surface area contributed by atoms with Crippen molar-refractivity contribution in [3.8, 4) is 0 Å².